The Kier molecular flexibility index (Phi) is 10.6. The molecule has 4 aromatic rings. The summed E-state index contributed by atoms with van der Waals surface area (Å²) in [4.78, 5) is 0. The highest BCUT2D eigenvalue weighted by atomic mass is 16.5. The molecule has 0 saturated heterocycles. The van der Waals surface area contributed by atoms with E-state index >= 15 is 0 Å². The fourth-order valence-corrected chi connectivity index (χ4v) is 8.14. The fraction of sp³-hybridized carbons (Fsp3) is 0.429. The Morgan fingerprint density at radius 2 is 1.66 bits per heavy atom. The Morgan fingerprint density at radius 3 is 2.40 bits per heavy atom. The third-order valence-corrected chi connectivity index (χ3v) is 10.8. The zero-order valence-corrected chi connectivity index (χ0v) is 31.0. The van der Waals surface area contributed by atoms with Gasteiger partial charge in [-0.2, -0.15) is 0 Å². The number of phenolic OH excluding ortho intramolecular Hbond substituents is 1. The van der Waals surface area contributed by atoms with Crippen molar-refractivity contribution in [2.45, 2.75) is 64.2 Å². The number of fused-ring (bicyclic) bond motifs is 2. The van der Waals surface area contributed by atoms with Crippen LogP contribution in [-0.2, 0) is 19.3 Å². The van der Waals surface area contributed by atoms with Crippen LogP contribution in [0.15, 0.2) is 48.5 Å². The van der Waals surface area contributed by atoms with Crippen molar-refractivity contribution in [1.82, 2.24) is 5.32 Å². The second-order valence-electron chi connectivity index (χ2n) is 14.3. The molecule has 6 N–H and O–H groups in total. The number of nitrogens with one attached hydrogen (secondary N) is 2. The first-order chi connectivity index (χ1) is 25.7. The number of hydrogen-bond acceptors (Lipinski definition) is 11. The van der Waals surface area contributed by atoms with E-state index in [0.717, 1.165) is 34.4 Å². The number of phenols is 1. The second kappa shape index (κ2) is 15.4. The summed E-state index contributed by atoms with van der Waals surface area (Å²) in [6.45, 7) is 7.53. The highest BCUT2D eigenvalue weighted by molar-refractivity contribution is 5.93. The number of aliphatic hydroxyl groups is 3. The van der Waals surface area contributed by atoms with E-state index in [1.807, 2.05) is 31.2 Å². The Labute approximate surface area is 310 Å². The molecule has 2 aliphatic heterocycles. The maximum Gasteiger partial charge on any atom is 0.200 e. The van der Waals surface area contributed by atoms with Gasteiger partial charge in [-0.05, 0) is 66.1 Å². The summed E-state index contributed by atoms with van der Waals surface area (Å²) in [6.07, 6.45) is -0.127. The van der Waals surface area contributed by atoms with Crippen LogP contribution in [0.2, 0.25) is 0 Å². The maximum atomic E-state index is 12.2. The van der Waals surface area contributed by atoms with E-state index in [4.69, 9.17) is 23.7 Å². The minimum Gasteiger partial charge on any atom is -0.502 e. The van der Waals surface area contributed by atoms with Gasteiger partial charge in [0.05, 0.1) is 39.1 Å². The third-order valence-electron chi connectivity index (χ3n) is 10.8. The summed E-state index contributed by atoms with van der Waals surface area (Å²) in [6, 6.07) is 15.3. The van der Waals surface area contributed by atoms with Crippen molar-refractivity contribution in [2.24, 2.45) is 5.92 Å². The molecule has 0 saturated carbocycles. The summed E-state index contributed by atoms with van der Waals surface area (Å²) in [5, 5.41) is 51.5. The van der Waals surface area contributed by atoms with E-state index in [9.17, 15) is 20.4 Å². The van der Waals surface area contributed by atoms with Crippen LogP contribution >= 0.6 is 0 Å². The van der Waals surface area contributed by atoms with Gasteiger partial charge in [0.15, 0.2) is 17.7 Å². The molecule has 4 atom stereocenters. The SMILES string of the molecule is CCNCOc1cc(OC)c2c3c1[C@H](O)Nc1cc4c(c(c1-3)CC2)[C@@H](O)[C@H](c1cc(OC)c(O)c(OC[C@H](CO)Cc2ccccc2C(C)C)c1)CO4. The van der Waals surface area contributed by atoms with Crippen molar-refractivity contribution in [1.29, 1.82) is 0 Å². The largest absolute Gasteiger partial charge is 0.502 e. The number of aliphatic hydroxyl groups excluding tert-OH is 3. The Morgan fingerprint density at radius 1 is 0.906 bits per heavy atom. The highest BCUT2D eigenvalue weighted by Gasteiger charge is 2.41. The molecule has 4 aromatic carbocycles. The third kappa shape index (κ3) is 6.71. The first kappa shape index (κ1) is 36.7. The van der Waals surface area contributed by atoms with Gasteiger partial charge in [0.2, 0.25) is 5.75 Å². The number of anilines is 1. The zero-order chi connectivity index (χ0) is 37.4. The van der Waals surface area contributed by atoms with Crippen molar-refractivity contribution >= 4 is 5.69 Å². The molecule has 0 aromatic heterocycles. The van der Waals surface area contributed by atoms with Crippen LogP contribution in [0, 0.1) is 5.92 Å². The van der Waals surface area contributed by atoms with Crippen LogP contribution in [0.4, 0.5) is 5.69 Å². The second-order valence-corrected chi connectivity index (χ2v) is 14.3. The van der Waals surface area contributed by atoms with E-state index in [2.05, 4.69) is 36.6 Å². The zero-order valence-electron chi connectivity index (χ0n) is 31.0. The van der Waals surface area contributed by atoms with Gasteiger partial charge in [-0.25, -0.2) is 0 Å². The molecule has 53 heavy (non-hydrogen) atoms. The monoisotopic (exact) mass is 726 g/mol. The molecule has 11 nitrogen and oxygen atoms in total. The number of benzene rings is 4. The molecule has 0 radical (unpaired) electrons. The Balaban J connectivity index is 1.22. The standard InChI is InChI=1S/C42H50N2O9/c1-6-43-21-53-33-17-31(49-4)27-11-12-28-36-30(44-42(48)39(33)38(27)36)16-32-37(28)40(46)29(20-52-32)25-14-34(50-5)41(47)35(15-25)51-19-23(18-45)13-24-9-7-8-10-26(24)22(2)3/h7-10,14-17,22-23,29,40,42-48H,6,11-13,18-21H2,1-5H3/t23-,29-,40-,42-/m0/s1. The van der Waals surface area contributed by atoms with Gasteiger partial charge in [-0.15, -0.1) is 0 Å². The van der Waals surface area contributed by atoms with Crippen molar-refractivity contribution in [2.75, 3.05) is 52.6 Å². The average molecular weight is 727 g/mol. The van der Waals surface area contributed by atoms with Crippen molar-refractivity contribution in [3.63, 3.8) is 0 Å². The lowest BCUT2D eigenvalue weighted by Crippen LogP contribution is -2.29. The fourth-order valence-electron chi connectivity index (χ4n) is 8.14. The molecule has 0 fully saturated rings. The van der Waals surface area contributed by atoms with E-state index in [1.54, 1.807) is 19.2 Å². The lowest BCUT2D eigenvalue weighted by Gasteiger charge is -2.39. The van der Waals surface area contributed by atoms with Crippen LogP contribution in [0.5, 0.6) is 34.5 Å². The summed E-state index contributed by atoms with van der Waals surface area (Å²) >= 11 is 0. The lowest BCUT2D eigenvalue weighted by atomic mass is 9.74. The molecule has 0 amide bonds. The number of ether oxygens (including phenoxy) is 5. The molecular formula is C42H50N2O9. The van der Waals surface area contributed by atoms with Crippen LogP contribution in [0.1, 0.15) is 83.9 Å². The van der Waals surface area contributed by atoms with E-state index in [1.165, 1.54) is 12.7 Å². The number of aromatic hydroxyl groups is 1. The average Bonchev–Trinajstić information content (AvgIpc) is 3.16. The topological polar surface area (TPSA) is 151 Å². The van der Waals surface area contributed by atoms with E-state index in [0.29, 0.717) is 64.8 Å². The molecule has 1 aliphatic carbocycles. The molecule has 11 heteroatoms. The van der Waals surface area contributed by atoms with Crippen molar-refractivity contribution in [3.8, 4) is 45.6 Å². The van der Waals surface area contributed by atoms with Crippen molar-refractivity contribution < 1.29 is 44.1 Å². The molecule has 2 heterocycles. The van der Waals surface area contributed by atoms with Gasteiger partial charge in [0.1, 0.15) is 24.0 Å². The maximum absolute atomic E-state index is 12.2. The lowest BCUT2D eigenvalue weighted by molar-refractivity contribution is 0.0876. The molecular weight excluding hydrogens is 676 g/mol. The smallest absolute Gasteiger partial charge is 0.200 e. The van der Waals surface area contributed by atoms with Gasteiger partial charge in [0, 0.05) is 58.5 Å². The van der Waals surface area contributed by atoms with Gasteiger partial charge < -0.3 is 49.4 Å². The van der Waals surface area contributed by atoms with Crippen LogP contribution in [-0.4, -0.2) is 67.7 Å². The van der Waals surface area contributed by atoms with Gasteiger partial charge in [-0.3, -0.25) is 5.32 Å². The first-order valence-electron chi connectivity index (χ1n) is 18.4. The molecule has 3 aliphatic rings. The minimum atomic E-state index is -1.03. The summed E-state index contributed by atoms with van der Waals surface area (Å²) in [5.41, 5.74) is 8.76. The normalized spacial score (nSPS) is 18.7. The van der Waals surface area contributed by atoms with E-state index < -0.39 is 18.2 Å². The summed E-state index contributed by atoms with van der Waals surface area (Å²) < 4.78 is 30.1. The van der Waals surface area contributed by atoms with Crippen LogP contribution in [0.25, 0.3) is 11.1 Å². The molecule has 0 spiro atoms. The quantitative estimate of drug-likeness (QED) is 0.0661. The Hall–Kier alpha value is -4.68. The predicted molar refractivity (Wildman–Crippen MR) is 202 cm³/mol. The number of rotatable bonds is 14. The van der Waals surface area contributed by atoms with Crippen LogP contribution < -0.4 is 34.3 Å². The summed E-state index contributed by atoms with van der Waals surface area (Å²) in [7, 11) is 3.11. The Bertz CT molecular complexity index is 1980. The van der Waals surface area contributed by atoms with Crippen LogP contribution in [0.3, 0.4) is 0 Å². The number of hydrogen-bond donors (Lipinski definition) is 6. The minimum absolute atomic E-state index is 0.0884. The van der Waals surface area contributed by atoms with Gasteiger partial charge in [-0.1, -0.05) is 45.0 Å². The summed E-state index contributed by atoms with van der Waals surface area (Å²) in [5.74, 6) is 1.62. The number of methoxy groups -OCH3 is 2. The highest BCUT2D eigenvalue weighted by Crippen LogP contribution is 2.57. The molecule has 7 rings (SSSR count). The molecule has 0 unspecified atom stereocenters. The van der Waals surface area contributed by atoms with E-state index in [-0.39, 0.29) is 49.7 Å². The predicted octanol–water partition coefficient (Wildman–Crippen LogP) is 6.10. The first-order valence-corrected chi connectivity index (χ1v) is 18.4. The molecule has 282 valence electrons. The van der Waals surface area contributed by atoms with Gasteiger partial charge >= 0.3 is 0 Å². The molecule has 0 bridgehead atoms. The van der Waals surface area contributed by atoms with Gasteiger partial charge in [0.25, 0.3) is 0 Å². The van der Waals surface area contributed by atoms with Crippen molar-refractivity contribution in [3.05, 3.63) is 87.5 Å².